The summed E-state index contributed by atoms with van der Waals surface area (Å²) in [6.45, 7) is 6.01. The molecule has 7 N–H and O–H groups in total. The molecule has 2 rings (SSSR count). The summed E-state index contributed by atoms with van der Waals surface area (Å²) in [5.41, 5.74) is -4.05. The van der Waals surface area contributed by atoms with Crippen LogP contribution < -0.4 is 0 Å². The largest absolute Gasteiger partial charge is 0.394 e. The molecule has 9 heteroatoms. The van der Waals surface area contributed by atoms with Crippen molar-refractivity contribution >= 4 is 0 Å². The SMILES string of the molecule is C[C@H](/C=C/[C@]1(O)C(C)(C)C[C@H](O)C[C@@]1(C)O)O[C@H]1O[C@@H](CO)[C@H](O)[C@@H](O)[C@@H]1O. The highest BCUT2D eigenvalue weighted by Crippen LogP contribution is 2.50. The Hall–Kier alpha value is -0.620. The first-order valence-electron chi connectivity index (χ1n) is 9.54. The van der Waals surface area contributed by atoms with E-state index in [1.807, 2.05) is 0 Å². The molecule has 0 aromatic rings. The second-order valence-electron chi connectivity index (χ2n) is 8.88. The second-order valence-corrected chi connectivity index (χ2v) is 8.88. The Balaban J connectivity index is 2.13. The van der Waals surface area contributed by atoms with Crippen molar-refractivity contribution in [3.05, 3.63) is 12.2 Å². The van der Waals surface area contributed by atoms with Crippen LogP contribution in [0.25, 0.3) is 0 Å². The predicted octanol–water partition coefficient (Wildman–Crippen LogP) is -1.59. The minimum absolute atomic E-state index is 0.0131. The lowest BCUT2D eigenvalue weighted by Crippen LogP contribution is -2.65. The average molecular weight is 406 g/mol. The minimum atomic E-state index is -1.65. The van der Waals surface area contributed by atoms with Gasteiger partial charge in [-0.1, -0.05) is 26.0 Å². The van der Waals surface area contributed by atoms with Crippen LogP contribution in [0.15, 0.2) is 12.2 Å². The van der Waals surface area contributed by atoms with E-state index in [2.05, 4.69) is 0 Å². The molecule has 1 saturated heterocycles. The first kappa shape index (κ1) is 23.7. The summed E-state index contributed by atoms with van der Waals surface area (Å²) in [6.07, 6.45) is -5.14. The van der Waals surface area contributed by atoms with Gasteiger partial charge in [0.05, 0.1) is 24.4 Å². The minimum Gasteiger partial charge on any atom is -0.394 e. The van der Waals surface area contributed by atoms with E-state index >= 15 is 0 Å². The van der Waals surface area contributed by atoms with Gasteiger partial charge in [0.15, 0.2) is 6.29 Å². The molecule has 0 aromatic carbocycles. The summed E-state index contributed by atoms with van der Waals surface area (Å²) in [5, 5.41) is 70.9. The number of aliphatic hydroxyl groups excluding tert-OH is 5. The molecule has 28 heavy (non-hydrogen) atoms. The highest BCUT2D eigenvalue weighted by Gasteiger charge is 2.58. The van der Waals surface area contributed by atoms with Gasteiger partial charge in [-0.3, -0.25) is 0 Å². The summed E-state index contributed by atoms with van der Waals surface area (Å²) in [4.78, 5) is 0. The number of ether oxygens (including phenoxy) is 2. The molecule has 0 amide bonds. The maximum Gasteiger partial charge on any atom is 0.187 e. The number of aliphatic hydroxyl groups is 7. The van der Waals surface area contributed by atoms with Gasteiger partial charge < -0.3 is 45.2 Å². The van der Waals surface area contributed by atoms with Gasteiger partial charge in [-0.15, -0.1) is 0 Å². The van der Waals surface area contributed by atoms with Crippen LogP contribution in [0.1, 0.15) is 40.5 Å². The third-order valence-corrected chi connectivity index (χ3v) is 6.04. The molecule has 2 fully saturated rings. The van der Waals surface area contributed by atoms with Crippen molar-refractivity contribution in [1.82, 2.24) is 0 Å². The van der Waals surface area contributed by atoms with E-state index in [1.165, 1.54) is 19.1 Å². The van der Waals surface area contributed by atoms with E-state index < -0.39 is 66.1 Å². The van der Waals surface area contributed by atoms with E-state index in [-0.39, 0.29) is 6.42 Å². The highest BCUT2D eigenvalue weighted by atomic mass is 16.7. The van der Waals surface area contributed by atoms with E-state index in [0.717, 1.165) is 0 Å². The topological polar surface area (TPSA) is 160 Å². The summed E-state index contributed by atoms with van der Waals surface area (Å²) in [7, 11) is 0. The Morgan fingerprint density at radius 3 is 2.18 bits per heavy atom. The van der Waals surface area contributed by atoms with Gasteiger partial charge in [0.1, 0.15) is 30.0 Å². The van der Waals surface area contributed by atoms with Crippen molar-refractivity contribution in [3.63, 3.8) is 0 Å². The van der Waals surface area contributed by atoms with E-state index in [9.17, 15) is 35.7 Å². The molecule has 1 aliphatic carbocycles. The quantitative estimate of drug-likeness (QED) is 0.267. The number of hydrogen-bond donors (Lipinski definition) is 7. The predicted molar refractivity (Wildman–Crippen MR) is 98.0 cm³/mol. The van der Waals surface area contributed by atoms with E-state index in [0.29, 0.717) is 6.42 Å². The molecule has 0 spiro atoms. The van der Waals surface area contributed by atoms with Gasteiger partial charge in [0.25, 0.3) is 0 Å². The zero-order chi connectivity index (χ0) is 21.5. The maximum absolute atomic E-state index is 11.2. The maximum atomic E-state index is 11.2. The zero-order valence-corrected chi connectivity index (χ0v) is 16.8. The third kappa shape index (κ3) is 4.28. The molecule has 0 aromatic heterocycles. The van der Waals surface area contributed by atoms with Crippen LogP contribution in [0.3, 0.4) is 0 Å². The lowest BCUT2D eigenvalue weighted by Gasteiger charge is -2.55. The molecule has 9 nitrogen and oxygen atoms in total. The second kappa shape index (κ2) is 8.25. The van der Waals surface area contributed by atoms with Crippen LogP contribution in [-0.4, -0.2) is 96.5 Å². The van der Waals surface area contributed by atoms with Crippen molar-refractivity contribution in [2.45, 2.75) is 94.7 Å². The summed E-state index contributed by atoms with van der Waals surface area (Å²) >= 11 is 0. The Bertz CT molecular complexity index is 542. The Kier molecular flexibility index (Phi) is 6.97. The summed E-state index contributed by atoms with van der Waals surface area (Å²) < 4.78 is 10.9. The Morgan fingerprint density at radius 1 is 1.04 bits per heavy atom. The van der Waals surface area contributed by atoms with Crippen LogP contribution in [-0.2, 0) is 9.47 Å². The highest BCUT2D eigenvalue weighted by molar-refractivity contribution is 5.21. The summed E-state index contributed by atoms with van der Waals surface area (Å²) in [6, 6.07) is 0. The normalized spacial score (nSPS) is 48.0. The average Bonchev–Trinajstić information content (AvgIpc) is 2.57. The van der Waals surface area contributed by atoms with E-state index in [4.69, 9.17) is 9.47 Å². The fourth-order valence-electron chi connectivity index (χ4n) is 4.28. The summed E-state index contributed by atoms with van der Waals surface area (Å²) in [5.74, 6) is 0. The lowest BCUT2D eigenvalue weighted by molar-refractivity contribution is -0.306. The fourth-order valence-corrected chi connectivity index (χ4v) is 4.28. The standard InChI is InChI=1S/C19H34O9/c1-10(27-16-15(24)14(23)13(22)12(9-20)28-16)5-6-19(26)17(2,3)7-11(21)8-18(19,4)25/h5-6,10-16,20-26H,7-9H2,1-4H3/b6-5+/t10-,11+,12+,13+,14-,15+,16+,18-,19+/m1/s1. The van der Waals surface area contributed by atoms with Crippen LogP contribution in [0.5, 0.6) is 0 Å². The number of hydrogen-bond acceptors (Lipinski definition) is 9. The molecular weight excluding hydrogens is 372 g/mol. The molecule has 1 heterocycles. The smallest absolute Gasteiger partial charge is 0.187 e. The third-order valence-electron chi connectivity index (χ3n) is 6.04. The number of rotatable bonds is 5. The van der Waals surface area contributed by atoms with Crippen molar-refractivity contribution in [3.8, 4) is 0 Å². The lowest BCUT2D eigenvalue weighted by atomic mass is 9.57. The van der Waals surface area contributed by atoms with Crippen LogP contribution >= 0.6 is 0 Å². The van der Waals surface area contributed by atoms with Gasteiger partial charge in [-0.25, -0.2) is 0 Å². The Labute approximate surface area is 164 Å². The molecule has 1 saturated carbocycles. The van der Waals surface area contributed by atoms with Crippen LogP contribution in [0.2, 0.25) is 0 Å². The first-order valence-corrected chi connectivity index (χ1v) is 9.54. The van der Waals surface area contributed by atoms with Crippen molar-refractivity contribution < 1.29 is 45.2 Å². The van der Waals surface area contributed by atoms with Crippen molar-refractivity contribution in [2.75, 3.05) is 6.61 Å². The van der Waals surface area contributed by atoms with Crippen LogP contribution in [0, 0.1) is 5.41 Å². The van der Waals surface area contributed by atoms with Crippen molar-refractivity contribution in [1.29, 1.82) is 0 Å². The van der Waals surface area contributed by atoms with Gasteiger partial charge in [-0.05, 0) is 20.3 Å². The molecule has 0 unspecified atom stereocenters. The Morgan fingerprint density at radius 2 is 1.64 bits per heavy atom. The molecule has 0 radical (unpaired) electrons. The molecule has 164 valence electrons. The molecular formula is C19H34O9. The van der Waals surface area contributed by atoms with Crippen molar-refractivity contribution in [2.24, 2.45) is 5.41 Å². The first-order chi connectivity index (χ1) is 12.8. The van der Waals surface area contributed by atoms with Crippen LogP contribution in [0.4, 0.5) is 0 Å². The van der Waals surface area contributed by atoms with E-state index in [1.54, 1.807) is 20.8 Å². The zero-order valence-electron chi connectivity index (χ0n) is 16.8. The van der Waals surface area contributed by atoms with Gasteiger partial charge >= 0.3 is 0 Å². The molecule has 0 bridgehead atoms. The molecule has 9 atom stereocenters. The van der Waals surface area contributed by atoms with Gasteiger partial charge in [-0.2, -0.15) is 0 Å². The monoisotopic (exact) mass is 406 g/mol. The molecule has 1 aliphatic heterocycles. The fraction of sp³-hybridized carbons (Fsp3) is 0.895. The molecule has 2 aliphatic rings. The van der Waals surface area contributed by atoms with Gasteiger partial charge in [0.2, 0.25) is 0 Å². The van der Waals surface area contributed by atoms with Gasteiger partial charge in [0, 0.05) is 11.8 Å².